The van der Waals surface area contributed by atoms with E-state index in [1.807, 2.05) is 5.32 Å². The molecular weight excluding hydrogens is 722 g/mol. The van der Waals surface area contributed by atoms with E-state index in [2.05, 4.69) is 20.7 Å². The number of hydrogen-bond acceptors (Lipinski definition) is 4. The summed E-state index contributed by atoms with van der Waals surface area (Å²) in [5.41, 5.74) is -10.1. The SMILES string of the molecule is CCN(C(=O)c1cc(Cl)ccc1F)c1cccc(C(=O)Nc2c(Br)cc(C(F)(C(F)(F)F)C(F)(F)F)cc2OC(F)F)c1OC. The number of nitrogens with one attached hydrogen (secondary N) is 1. The van der Waals surface area contributed by atoms with Crippen LogP contribution in [0.3, 0.4) is 0 Å². The number of carbonyl (C=O) groups is 2. The smallest absolute Gasteiger partial charge is 0.435 e. The first-order chi connectivity index (χ1) is 20.8. The number of benzene rings is 3. The summed E-state index contributed by atoms with van der Waals surface area (Å²) in [6.45, 7) is -2.47. The molecule has 45 heavy (non-hydrogen) atoms. The molecule has 0 atom stereocenters. The quantitative estimate of drug-likeness (QED) is 0.223. The molecule has 0 aliphatic carbocycles. The Balaban J connectivity index is 2.13. The number of halogens is 12. The van der Waals surface area contributed by atoms with Gasteiger partial charge in [0.15, 0.2) is 11.5 Å². The van der Waals surface area contributed by atoms with Gasteiger partial charge in [0.25, 0.3) is 11.8 Å². The van der Waals surface area contributed by atoms with E-state index >= 15 is 0 Å². The van der Waals surface area contributed by atoms with Crippen LogP contribution in [-0.2, 0) is 5.67 Å². The third-order valence-corrected chi connectivity index (χ3v) is 7.00. The predicted molar refractivity (Wildman–Crippen MR) is 145 cm³/mol. The lowest BCUT2D eigenvalue weighted by Gasteiger charge is -2.31. The van der Waals surface area contributed by atoms with Gasteiger partial charge in [-0.25, -0.2) is 8.78 Å². The van der Waals surface area contributed by atoms with Gasteiger partial charge in [0.2, 0.25) is 0 Å². The molecule has 0 saturated heterocycles. The number of para-hydroxylation sites is 1. The molecule has 1 N–H and O–H groups in total. The van der Waals surface area contributed by atoms with Crippen LogP contribution in [0.25, 0.3) is 0 Å². The number of nitrogens with zero attached hydrogens (tertiary/aromatic N) is 1. The number of rotatable bonds is 9. The van der Waals surface area contributed by atoms with Crippen LogP contribution in [0.2, 0.25) is 5.02 Å². The highest BCUT2D eigenvalue weighted by atomic mass is 79.9. The standard InChI is InChI=1S/C27H18BrClF10N2O4/c1-3-41(23(43)15-11-13(29)7-8-17(15)30)18-6-4-5-14(21(18)44-2)22(42)40-20-16(28)9-12(10-19(20)45-24(31)32)25(33,26(34,35)36)27(37,38)39/h4-11,24H,3H2,1-2H3,(H,40,42). The molecule has 3 rings (SSSR count). The molecule has 2 amide bonds. The van der Waals surface area contributed by atoms with E-state index < -0.39 is 74.9 Å². The van der Waals surface area contributed by atoms with Gasteiger partial charge in [-0.3, -0.25) is 9.59 Å². The van der Waals surface area contributed by atoms with E-state index in [0.29, 0.717) is 0 Å². The van der Waals surface area contributed by atoms with Gasteiger partial charge in [-0.05, 0) is 65.3 Å². The first-order valence-electron chi connectivity index (χ1n) is 12.1. The molecular formula is C27H18BrClF10N2O4. The minimum absolute atomic E-state index is 0.0143. The van der Waals surface area contributed by atoms with Crippen LogP contribution in [0.5, 0.6) is 11.5 Å². The highest BCUT2D eigenvalue weighted by molar-refractivity contribution is 9.10. The fourth-order valence-corrected chi connectivity index (χ4v) is 4.83. The Morgan fingerprint density at radius 1 is 0.978 bits per heavy atom. The van der Waals surface area contributed by atoms with Gasteiger partial charge in [0.1, 0.15) is 5.82 Å². The summed E-state index contributed by atoms with van der Waals surface area (Å²) in [5, 5.41) is 2.04. The average Bonchev–Trinajstić information content (AvgIpc) is 2.94. The summed E-state index contributed by atoms with van der Waals surface area (Å²) in [6.07, 6.45) is -13.2. The van der Waals surface area contributed by atoms with Crippen molar-refractivity contribution in [2.75, 3.05) is 23.9 Å². The minimum Gasteiger partial charge on any atom is -0.494 e. The fourth-order valence-electron chi connectivity index (χ4n) is 4.12. The number of ether oxygens (including phenoxy) is 2. The van der Waals surface area contributed by atoms with Crippen LogP contribution in [0, 0.1) is 5.82 Å². The zero-order valence-corrected chi connectivity index (χ0v) is 24.9. The Morgan fingerprint density at radius 3 is 2.13 bits per heavy atom. The number of alkyl halides is 9. The first kappa shape index (κ1) is 35.7. The number of anilines is 2. The van der Waals surface area contributed by atoms with E-state index in [4.69, 9.17) is 16.3 Å². The van der Waals surface area contributed by atoms with Crippen molar-refractivity contribution in [2.24, 2.45) is 0 Å². The summed E-state index contributed by atoms with van der Waals surface area (Å²) < 4.78 is 144. The summed E-state index contributed by atoms with van der Waals surface area (Å²) in [4.78, 5) is 27.5. The second-order valence-electron chi connectivity index (χ2n) is 8.85. The third kappa shape index (κ3) is 7.08. The minimum atomic E-state index is -6.58. The molecule has 0 aliphatic rings. The van der Waals surface area contributed by atoms with Crippen LogP contribution < -0.4 is 19.7 Å². The maximum absolute atomic E-state index is 14.7. The van der Waals surface area contributed by atoms with Crippen LogP contribution in [0.4, 0.5) is 55.3 Å². The van der Waals surface area contributed by atoms with Crippen molar-refractivity contribution < 1.29 is 63.0 Å². The average molecular weight is 740 g/mol. The van der Waals surface area contributed by atoms with Crippen molar-refractivity contribution in [2.45, 2.75) is 31.6 Å². The van der Waals surface area contributed by atoms with Crippen molar-refractivity contribution >= 4 is 50.7 Å². The van der Waals surface area contributed by atoms with Gasteiger partial charge in [-0.1, -0.05) is 17.7 Å². The second kappa shape index (κ2) is 13.3. The number of carbonyl (C=O) groups excluding carboxylic acids is 2. The van der Waals surface area contributed by atoms with E-state index in [-0.39, 0.29) is 35.1 Å². The molecule has 0 heterocycles. The highest BCUT2D eigenvalue weighted by Gasteiger charge is 2.73. The molecule has 0 saturated carbocycles. The van der Waals surface area contributed by atoms with Gasteiger partial charge < -0.3 is 19.7 Å². The lowest BCUT2D eigenvalue weighted by molar-refractivity contribution is -0.348. The Hall–Kier alpha value is -3.73. The summed E-state index contributed by atoms with van der Waals surface area (Å²) in [6, 6.07) is 6.54. The van der Waals surface area contributed by atoms with Gasteiger partial charge in [-0.2, -0.15) is 35.1 Å². The molecule has 0 radical (unpaired) electrons. The molecule has 3 aromatic carbocycles. The Labute approximate surface area is 261 Å². The molecule has 6 nitrogen and oxygen atoms in total. The Morgan fingerprint density at radius 2 is 1.60 bits per heavy atom. The maximum atomic E-state index is 14.7. The van der Waals surface area contributed by atoms with Crippen LogP contribution >= 0.6 is 27.5 Å². The lowest BCUT2D eigenvalue weighted by Crippen LogP contribution is -2.50. The Kier molecular flexibility index (Phi) is 10.6. The second-order valence-corrected chi connectivity index (χ2v) is 10.1. The van der Waals surface area contributed by atoms with E-state index in [0.717, 1.165) is 30.2 Å². The normalized spacial score (nSPS) is 12.2. The zero-order chi connectivity index (χ0) is 34.1. The molecule has 0 bridgehead atoms. The van der Waals surface area contributed by atoms with Gasteiger partial charge in [0.05, 0.1) is 29.6 Å². The zero-order valence-electron chi connectivity index (χ0n) is 22.5. The van der Waals surface area contributed by atoms with Crippen molar-refractivity contribution in [3.63, 3.8) is 0 Å². The van der Waals surface area contributed by atoms with Crippen LogP contribution in [0.15, 0.2) is 53.0 Å². The molecule has 18 heteroatoms. The van der Waals surface area contributed by atoms with Crippen molar-refractivity contribution in [1.82, 2.24) is 0 Å². The van der Waals surface area contributed by atoms with Gasteiger partial charge >= 0.3 is 24.6 Å². The lowest BCUT2D eigenvalue weighted by atomic mass is 9.93. The third-order valence-electron chi connectivity index (χ3n) is 6.14. The summed E-state index contributed by atoms with van der Waals surface area (Å²) in [5.74, 6) is -4.90. The molecule has 3 aromatic rings. The van der Waals surface area contributed by atoms with Crippen LogP contribution in [-0.4, -0.2) is 44.4 Å². The van der Waals surface area contributed by atoms with Crippen molar-refractivity contribution in [3.05, 3.63) is 80.5 Å². The highest BCUT2D eigenvalue weighted by Crippen LogP contribution is 2.55. The fraction of sp³-hybridized carbons (Fsp3) is 0.259. The first-order valence-corrected chi connectivity index (χ1v) is 13.3. The van der Waals surface area contributed by atoms with Crippen molar-refractivity contribution in [1.29, 1.82) is 0 Å². The van der Waals surface area contributed by atoms with E-state index in [1.165, 1.54) is 25.1 Å². The summed E-state index contributed by atoms with van der Waals surface area (Å²) >= 11 is 8.47. The molecule has 0 aliphatic heterocycles. The molecule has 0 spiro atoms. The largest absolute Gasteiger partial charge is 0.494 e. The number of hydrogen-bond donors (Lipinski definition) is 1. The predicted octanol–water partition coefficient (Wildman–Crippen LogP) is 9.06. The molecule has 244 valence electrons. The van der Waals surface area contributed by atoms with Crippen LogP contribution in [0.1, 0.15) is 33.2 Å². The Bertz CT molecular complexity index is 1590. The topological polar surface area (TPSA) is 67.9 Å². The van der Waals surface area contributed by atoms with Gasteiger partial charge in [-0.15, -0.1) is 0 Å². The van der Waals surface area contributed by atoms with Crippen molar-refractivity contribution in [3.8, 4) is 11.5 Å². The van der Waals surface area contributed by atoms with E-state index in [1.54, 1.807) is 0 Å². The number of methoxy groups -OCH3 is 1. The van der Waals surface area contributed by atoms with E-state index in [9.17, 15) is 53.5 Å². The molecule has 0 aromatic heterocycles. The molecule has 0 unspecified atom stereocenters. The monoisotopic (exact) mass is 738 g/mol. The molecule has 0 fully saturated rings. The maximum Gasteiger partial charge on any atom is 0.435 e. The number of amides is 2. The van der Waals surface area contributed by atoms with Gasteiger partial charge in [0, 0.05) is 21.6 Å². The summed E-state index contributed by atoms with van der Waals surface area (Å²) in [7, 11) is 1.07.